The van der Waals surface area contributed by atoms with Crippen LogP contribution in [-0.2, 0) is 11.3 Å². The van der Waals surface area contributed by atoms with Crippen LogP contribution in [0.1, 0.15) is 36.5 Å². The van der Waals surface area contributed by atoms with Gasteiger partial charge in [-0.2, -0.15) is 4.99 Å². The Hall–Kier alpha value is -3.04. The highest BCUT2D eigenvalue weighted by atomic mass is 32.1. The number of carbonyl (C=O) groups excluding carboxylic acids is 1. The summed E-state index contributed by atoms with van der Waals surface area (Å²) >= 11 is 1.24. The summed E-state index contributed by atoms with van der Waals surface area (Å²) in [6.07, 6.45) is 3.25. The highest BCUT2D eigenvalue weighted by Crippen LogP contribution is 2.23. The smallest absolute Gasteiger partial charge is 0.279 e. The Morgan fingerprint density at radius 2 is 1.94 bits per heavy atom. The number of ether oxygens (including phenoxy) is 2. The van der Waals surface area contributed by atoms with Gasteiger partial charge in [0, 0.05) is 31.4 Å². The maximum absolute atomic E-state index is 12.7. The van der Waals surface area contributed by atoms with E-state index in [9.17, 15) is 14.9 Å². The van der Waals surface area contributed by atoms with Crippen molar-refractivity contribution in [1.82, 2.24) is 4.57 Å². The molecule has 3 aromatic rings. The summed E-state index contributed by atoms with van der Waals surface area (Å²) in [5.41, 5.74) is 1.22. The largest absolute Gasteiger partial charge is 0.494 e. The molecule has 8 nitrogen and oxygen atoms in total. The third-order valence-corrected chi connectivity index (χ3v) is 5.75. The quantitative estimate of drug-likeness (QED) is 0.260. The number of thiazole rings is 1. The van der Waals surface area contributed by atoms with Gasteiger partial charge in [-0.15, -0.1) is 0 Å². The molecule has 0 fully saturated rings. The summed E-state index contributed by atoms with van der Waals surface area (Å²) in [7, 11) is 1.59. The lowest BCUT2D eigenvalue weighted by molar-refractivity contribution is -0.384. The molecule has 9 heteroatoms. The summed E-state index contributed by atoms with van der Waals surface area (Å²) in [5.74, 6) is 0.335. The van der Waals surface area contributed by atoms with E-state index in [0.29, 0.717) is 34.8 Å². The van der Waals surface area contributed by atoms with Gasteiger partial charge in [0.2, 0.25) is 0 Å². The molecule has 0 saturated heterocycles. The topological polar surface area (TPSA) is 96.0 Å². The van der Waals surface area contributed by atoms with Crippen LogP contribution in [0.5, 0.6) is 5.75 Å². The molecule has 0 bridgehead atoms. The number of methoxy groups -OCH3 is 1. The predicted octanol–water partition coefficient (Wildman–Crippen LogP) is 4.57. The predicted molar refractivity (Wildman–Crippen MR) is 120 cm³/mol. The summed E-state index contributed by atoms with van der Waals surface area (Å²) in [6, 6.07) is 11.5. The van der Waals surface area contributed by atoms with Crippen LogP contribution in [0.4, 0.5) is 5.69 Å². The Balaban J connectivity index is 1.87. The zero-order valence-electron chi connectivity index (χ0n) is 17.6. The van der Waals surface area contributed by atoms with Gasteiger partial charge in [-0.3, -0.25) is 14.9 Å². The number of aromatic nitrogens is 1. The lowest BCUT2D eigenvalue weighted by atomic mass is 10.2. The second kappa shape index (κ2) is 10.8. The molecule has 0 aliphatic carbocycles. The number of benzene rings is 2. The molecule has 0 N–H and O–H groups in total. The van der Waals surface area contributed by atoms with E-state index in [2.05, 4.69) is 11.9 Å². The van der Waals surface area contributed by atoms with E-state index in [0.717, 1.165) is 30.5 Å². The fraction of sp³-hybridized carbons (Fsp3) is 0.364. The lowest BCUT2D eigenvalue weighted by Crippen LogP contribution is -2.19. The molecule has 0 saturated carbocycles. The first-order chi connectivity index (χ1) is 15.0. The minimum absolute atomic E-state index is 0.0000403. The van der Waals surface area contributed by atoms with Crippen LogP contribution in [0.2, 0.25) is 0 Å². The Bertz CT molecular complexity index is 1120. The molecule has 0 atom stereocenters. The maximum atomic E-state index is 12.7. The normalized spacial score (nSPS) is 11.7. The highest BCUT2D eigenvalue weighted by Gasteiger charge is 2.13. The second-order valence-corrected chi connectivity index (χ2v) is 7.94. The van der Waals surface area contributed by atoms with Crippen LogP contribution in [0.3, 0.4) is 0 Å². The van der Waals surface area contributed by atoms with Crippen molar-refractivity contribution in [3.05, 3.63) is 62.9 Å². The van der Waals surface area contributed by atoms with Crippen molar-refractivity contribution < 1.29 is 19.2 Å². The fourth-order valence-corrected chi connectivity index (χ4v) is 4.13. The van der Waals surface area contributed by atoms with Gasteiger partial charge in [0.25, 0.3) is 11.6 Å². The molecular weight excluding hydrogens is 418 g/mol. The molecule has 31 heavy (non-hydrogen) atoms. The van der Waals surface area contributed by atoms with Gasteiger partial charge in [0.05, 0.1) is 28.4 Å². The number of hydrogen-bond acceptors (Lipinski definition) is 6. The van der Waals surface area contributed by atoms with Crippen LogP contribution >= 0.6 is 11.3 Å². The van der Waals surface area contributed by atoms with Crippen molar-refractivity contribution in [1.29, 1.82) is 0 Å². The van der Waals surface area contributed by atoms with Crippen LogP contribution in [0.15, 0.2) is 47.5 Å². The van der Waals surface area contributed by atoms with Crippen molar-refractivity contribution in [3.63, 3.8) is 0 Å². The van der Waals surface area contributed by atoms with E-state index in [-0.39, 0.29) is 11.6 Å². The number of nitro groups is 1. The average Bonchev–Trinajstić information content (AvgIpc) is 3.11. The number of fused-ring (bicyclic) bond motifs is 1. The lowest BCUT2D eigenvalue weighted by Gasteiger charge is -2.06. The number of carbonyl (C=O) groups is 1. The number of nitrogens with zero attached hydrogens (tertiary/aromatic N) is 3. The van der Waals surface area contributed by atoms with Crippen molar-refractivity contribution in [2.75, 3.05) is 20.3 Å². The monoisotopic (exact) mass is 443 g/mol. The first kappa shape index (κ1) is 22.6. The molecule has 3 rings (SSSR count). The van der Waals surface area contributed by atoms with E-state index in [4.69, 9.17) is 9.47 Å². The number of amides is 1. The number of rotatable bonds is 10. The number of hydrogen-bond donors (Lipinski definition) is 0. The van der Waals surface area contributed by atoms with E-state index >= 15 is 0 Å². The molecule has 164 valence electrons. The molecule has 1 aromatic heterocycles. The van der Waals surface area contributed by atoms with E-state index in [1.165, 1.54) is 23.5 Å². The van der Waals surface area contributed by atoms with Crippen LogP contribution in [0.25, 0.3) is 10.2 Å². The third kappa shape index (κ3) is 5.77. The number of unbranched alkanes of at least 4 members (excludes halogenated alkanes) is 2. The Labute approximate surface area is 183 Å². The highest BCUT2D eigenvalue weighted by molar-refractivity contribution is 7.16. The van der Waals surface area contributed by atoms with Crippen molar-refractivity contribution in [2.45, 2.75) is 32.7 Å². The summed E-state index contributed by atoms with van der Waals surface area (Å²) in [5, 5.41) is 11.1. The van der Waals surface area contributed by atoms with Crippen LogP contribution in [0, 0.1) is 10.1 Å². The van der Waals surface area contributed by atoms with Crippen molar-refractivity contribution >= 4 is 33.1 Å². The molecule has 0 radical (unpaired) electrons. The van der Waals surface area contributed by atoms with Gasteiger partial charge < -0.3 is 14.0 Å². The number of non-ortho nitro benzene ring substituents is 1. The van der Waals surface area contributed by atoms with Crippen LogP contribution in [-0.4, -0.2) is 35.7 Å². The second-order valence-electron chi connectivity index (χ2n) is 6.94. The SMILES string of the molecule is CCCCCOc1ccc(C(=O)N=c2sc3cc([N+](=O)[O-])ccc3n2CCOC)cc1. The Kier molecular flexibility index (Phi) is 7.91. The van der Waals surface area contributed by atoms with Gasteiger partial charge >= 0.3 is 0 Å². The summed E-state index contributed by atoms with van der Waals surface area (Å²) < 4.78 is 13.4. The van der Waals surface area contributed by atoms with Gasteiger partial charge in [-0.05, 0) is 36.8 Å². The zero-order chi connectivity index (χ0) is 22.2. The van der Waals surface area contributed by atoms with Gasteiger partial charge in [0.15, 0.2) is 4.80 Å². The van der Waals surface area contributed by atoms with E-state index < -0.39 is 4.92 Å². The van der Waals surface area contributed by atoms with Crippen molar-refractivity contribution in [2.24, 2.45) is 4.99 Å². The standard InChI is InChI=1S/C22H25N3O5S/c1-3-4-5-13-30-18-9-6-16(7-10-18)21(26)23-22-24(12-14-29-2)19-11-8-17(25(27)28)15-20(19)31-22/h6-11,15H,3-5,12-14H2,1-2H3. The molecule has 0 unspecified atom stereocenters. The molecule has 0 aliphatic heterocycles. The minimum Gasteiger partial charge on any atom is -0.494 e. The molecule has 0 spiro atoms. The fourth-order valence-electron chi connectivity index (χ4n) is 3.05. The molecular formula is C22H25N3O5S. The molecule has 1 amide bonds. The molecule has 2 aromatic carbocycles. The third-order valence-electron chi connectivity index (χ3n) is 4.71. The molecule has 1 heterocycles. The summed E-state index contributed by atoms with van der Waals surface area (Å²) in [6.45, 7) is 3.69. The first-order valence-corrected chi connectivity index (χ1v) is 10.9. The van der Waals surface area contributed by atoms with Gasteiger partial charge in [0.1, 0.15) is 5.75 Å². The first-order valence-electron chi connectivity index (χ1n) is 10.1. The minimum atomic E-state index is -0.438. The Morgan fingerprint density at radius 1 is 1.16 bits per heavy atom. The Morgan fingerprint density at radius 3 is 2.61 bits per heavy atom. The summed E-state index contributed by atoms with van der Waals surface area (Å²) in [4.78, 5) is 28.2. The van der Waals surface area contributed by atoms with Crippen molar-refractivity contribution in [3.8, 4) is 5.75 Å². The zero-order valence-corrected chi connectivity index (χ0v) is 18.4. The average molecular weight is 444 g/mol. The number of nitro benzene ring substituents is 1. The van der Waals surface area contributed by atoms with Gasteiger partial charge in [-0.25, -0.2) is 0 Å². The van der Waals surface area contributed by atoms with E-state index in [1.54, 1.807) is 37.4 Å². The molecule has 0 aliphatic rings. The van der Waals surface area contributed by atoms with Gasteiger partial charge in [-0.1, -0.05) is 31.1 Å². The van der Waals surface area contributed by atoms with E-state index in [1.807, 2.05) is 4.57 Å². The maximum Gasteiger partial charge on any atom is 0.279 e. The van der Waals surface area contributed by atoms with Crippen LogP contribution < -0.4 is 9.54 Å².